The van der Waals surface area contributed by atoms with Gasteiger partial charge in [0.15, 0.2) is 0 Å². The summed E-state index contributed by atoms with van der Waals surface area (Å²) in [7, 11) is 0. The Bertz CT molecular complexity index is 442. The zero-order chi connectivity index (χ0) is 14.0. The molecule has 4 nitrogen and oxygen atoms in total. The summed E-state index contributed by atoms with van der Waals surface area (Å²) >= 11 is 6.06. The number of nitrogens with zero attached hydrogens (tertiary/aromatic N) is 3. The van der Waals surface area contributed by atoms with Crippen LogP contribution in [-0.2, 0) is 6.54 Å². The second-order valence-corrected chi connectivity index (χ2v) is 6.52. The summed E-state index contributed by atoms with van der Waals surface area (Å²) in [6.07, 6.45) is 6.64. The molecule has 2 fully saturated rings. The highest BCUT2D eigenvalue weighted by Gasteiger charge is 2.39. The molecule has 0 atom stereocenters. The lowest BCUT2D eigenvalue weighted by Crippen LogP contribution is -2.61. The van der Waals surface area contributed by atoms with Gasteiger partial charge in [0.1, 0.15) is 11.0 Å². The van der Waals surface area contributed by atoms with Gasteiger partial charge in [-0.05, 0) is 25.8 Å². The number of hydrogen-bond donors (Lipinski definition) is 1. The first-order valence-electron chi connectivity index (χ1n) is 7.64. The van der Waals surface area contributed by atoms with E-state index in [0.29, 0.717) is 10.7 Å². The molecule has 1 aliphatic carbocycles. The topological polar surface area (TPSA) is 41.1 Å². The van der Waals surface area contributed by atoms with Crippen molar-refractivity contribution in [1.82, 2.24) is 20.2 Å². The van der Waals surface area contributed by atoms with Crippen LogP contribution in [0, 0.1) is 6.92 Å². The minimum absolute atomic E-state index is 0.316. The molecule has 0 amide bonds. The molecule has 20 heavy (non-hydrogen) atoms. The van der Waals surface area contributed by atoms with Crippen LogP contribution in [-0.4, -0.2) is 40.0 Å². The SMILES string of the molecule is Cc1cc(Cl)nc(CN2CCNCC23CCCCC3)n1. The molecule has 110 valence electrons. The van der Waals surface area contributed by atoms with E-state index in [4.69, 9.17) is 11.6 Å². The smallest absolute Gasteiger partial charge is 0.144 e. The maximum atomic E-state index is 6.06. The number of aromatic nitrogens is 2. The predicted molar refractivity (Wildman–Crippen MR) is 80.9 cm³/mol. The van der Waals surface area contributed by atoms with Gasteiger partial charge >= 0.3 is 0 Å². The Morgan fingerprint density at radius 3 is 2.85 bits per heavy atom. The Kier molecular flexibility index (Phi) is 4.24. The van der Waals surface area contributed by atoms with Gasteiger partial charge < -0.3 is 5.32 Å². The average molecular weight is 295 g/mol. The lowest BCUT2D eigenvalue weighted by Gasteiger charge is -2.49. The quantitative estimate of drug-likeness (QED) is 0.851. The van der Waals surface area contributed by atoms with Crippen LogP contribution in [0.5, 0.6) is 0 Å². The number of nitrogens with one attached hydrogen (secondary N) is 1. The van der Waals surface area contributed by atoms with E-state index in [1.54, 1.807) is 0 Å². The van der Waals surface area contributed by atoms with Gasteiger partial charge in [-0.2, -0.15) is 0 Å². The zero-order valence-electron chi connectivity index (χ0n) is 12.2. The number of piperazine rings is 1. The molecule has 3 rings (SSSR count). The van der Waals surface area contributed by atoms with Crippen molar-refractivity contribution in [2.24, 2.45) is 0 Å². The van der Waals surface area contributed by atoms with Crippen molar-refractivity contribution in [1.29, 1.82) is 0 Å². The summed E-state index contributed by atoms with van der Waals surface area (Å²) in [5.41, 5.74) is 1.27. The maximum Gasteiger partial charge on any atom is 0.144 e. The van der Waals surface area contributed by atoms with E-state index in [2.05, 4.69) is 20.2 Å². The van der Waals surface area contributed by atoms with Crippen molar-refractivity contribution in [3.05, 3.63) is 22.7 Å². The Balaban J connectivity index is 1.79. The molecule has 2 aliphatic rings. The normalized spacial score (nSPS) is 23.1. The van der Waals surface area contributed by atoms with Gasteiger partial charge in [-0.25, -0.2) is 9.97 Å². The molecule has 0 bridgehead atoms. The van der Waals surface area contributed by atoms with Gasteiger partial charge in [-0.3, -0.25) is 4.90 Å². The van der Waals surface area contributed by atoms with Crippen molar-refractivity contribution in [2.45, 2.75) is 51.1 Å². The molecule has 1 saturated carbocycles. The Morgan fingerprint density at radius 2 is 2.10 bits per heavy atom. The van der Waals surface area contributed by atoms with Crippen LogP contribution < -0.4 is 5.32 Å². The van der Waals surface area contributed by atoms with Gasteiger partial charge in [0, 0.05) is 30.9 Å². The van der Waals surface area contributed by atoms with E-state index < -0.39 is 0 Å². The first-order chi connectivity index (χ1) is 9.68. The molecule has 0 radical (unpaired) electrons. The van der Waals surface area contributed by atoms with E-state index in [9.17, 15) is 0 Å². The molecule has 1 spiro atoms. The molecule has 1 saturated heterocycles. The lowest BCUT2D eigenvalue weighted by molar-refractivity contribution is 0.0189. The van der Waals surface area contributed by atoms with Crippen LogP contribution in [0.15, 0.2) is 6.07 Å². The molecule has 1 aliphatic heterocycles. The molecular weight excluding hydrogens is 272 g/mol. The number of rotatable bonds is 2. The van der Waals surface area contributed by atoms with Gasteiger partial charge in [0.25, 0.3) is 0 Å². The van der Waals surface area contributed by atoms with Crippen LogP contribution in [0.25, 0.3) is 0 Å². The molecule has 1 aromatic heterocycles. The molecule has 5 heteroatoms. The Morgan fingerprint density at radius 1 is 1.30 bits per heavy atom. The average Bonchev–Trinajstić information content (AvgIpc) is 2.41. The molecule has 2 heterocycles. The third-order valence-corrected chi connectivity index (χ3v) is 4.86. The minimum Gasteiger partial charge on any atom is -0.314 e. The van der Waals surface area contributed by atoms with Crippen LogP contribution in [0.3, 0.4) is 0 Å². The molecule has 1 N–H and O–H groups in total. The monoisotopic (exact) mass is 294 g/mol. The van der Waals surface area contributed by atoms with E-state index in [0.717, 1.165) is 37.7 Å². The summed E-state index contributed by atoms with van der Waals surface area (Å²) in [5, 5.41) is 4.13. The summed E-state index contributed by atoms with van der Waals surface area (Å²) in [4.78, 5) is 11.5. The fourth-order valence-corrected chi connectivity index (χ4v) is 3.92. The van der Waals surface area contributed by atoms with Crippen LogP contribution in [0.1, 0.15) is 43.6 Å². The van der Waals surface area contributed by atoms with Crippen LogP contribution in [0.4, 0.5) is 0 Å². The van der Waals surface area contributed by atoms with Crippen LogP contribution >= 0.6 is 11.6 Å². The largest absolute Gasteiger partial charge is 0.314 e. The highest BCUT2D eigenvalue weighted by atomic mass is 35.5. The third-order valence-electron chi connectivity index (χ3n) is 4.67. The van der Waals surface area contributed by atoms with Crippen molar-refractivity contribution < 1.29 is 0 Å². The van der Waals surface area contributed by atoms with E-state index >= 15 is 0 Å². The second kappa shape index (κ2) is 5.96. The standard InChI is InChI=1S/C15H23ClN4/c1-12-9-13(16)19-14(18-12)10-20-8-7-17-11-15(20)5-3-2-4-6-15/h9,17H,2-8,10-11H2,1H3. The van der Waals surface area contributed by atoms with Gasteiger partial charge in [-0.15, -0.1) is 0 Å². The molecular formula is C15H23ClN4. The van der Waals surface area contributed by atoms with Gasteiger partial charge in [-0.1, -0.05) is 30.9 Å². The predicted octanol–water partition coefficient (Wildman–Crippen LogP) is 2.55. The van der Waals surface area contributed by atoms with Crippen LogP contribution in [0.2, 0.25) is 5.15 Å². The third kappa shape index (κ3) is 2.97. The number of halogens is 1. The number of aryl methyl sites for hydroxylation is 1. The Hall–Kier alpha value is -0.710. The van der Waals surface area contributed by atoms with Gasteiger partial charge in [0.05, 0.1) is 6.54 Å². The fraction of sp³-hybridized carbons (Fsp3) is 0.733. The fourth-order valence-electron chi connectivity index (χ4n) is 3.66. The van der Waals surface area contributed by atoms with Crippen molar-refractivity contribution in [3.63, 3.8) is 0 Å². The zero-order valence-corrected chi connectivity index (χ0v) is 12.9. The second-order valence-electron chi connectivity index (χ2n) is 6.13. The van der Waals surface area contributed by atoms with E-state index in [1.807, 2.05) is 13.0 Å². The summed E-state index contributed by atoms with van der Waals surface area (Å²) < 4.78 is 0. The van der Waals surface area contributed by atoms with Crippen molar-refractivity contribution in [3.8, 4) is 0 Å². The summed E-state index contributed by atoms with van der Waals surface area (Å²) in [6, 6.07) is 1.82. The highest BCUT2D eigenvalue weighted by Crippen LogP contribution is 2.35. The molecule has 1 aromatic rings. The Labute approximate surface area is 125 Å². The summed E-state index contributed by atoms with van der Waals surface area (Å²) in [5.74, 6) is 0.863. The summed E-state index contributed by atoms with van der Waals surface area (Å²) in [6.45, 7) is 6.04. The highest BCUT2D eigenvalue weighted by molar-refractivity contribution is 6.29. The van der Waals surface area contributed by atoms with E-state index in [1.165, 1.54) is 32.1 Å². The van der Waals surface area contributed by atoms with Crippen molar-refractivity contribution in [2.75, 3.05) is 19.6 Å². The van der Waals surface area contributed by atoms with E-state index in [-0.39, 0.29) is 0 Å². The number of hydrogen-bond acceptors (Lipinski definition) is 4. The first-order valence-corrected chi connectivity index (χ1v) is 8.02. The maximum absolute atomic E-state index is 6.06. The molecule has 0 unspecified atom stereocenters. The van der Waals surface area contributed by atoms with Gasteiger partial charge in [0.2, 0.25) is 0 Å². The van der Waals surface area contributed by atoms with Crippen molar-refractivity contribution >= 4 is 11.6 Å². The minimum atomic E-state index is 0.316. The molecule has 0 aromatic carbocycles. The first kappa shape index (κ1) is 14.2. The lowest BCUT2D eigenvalue weighted by atomic mass is 9.79.